The molecule has 2 N–H and O–H groups in total. The highest BCUT2D eigenvalue weighted by atomic mass is 35.5. The largest absolute Gasteiger partial charge is 0.323 e. The Morgan fingerprint density at radius 3 is 2.33 bits per heavy atom. The second-order valence-corrected chi connectivity index (χ2v) is 8.58. The van der Waals surface area contributed by atoms with Gasteiger partial charge in [0.05, 0.1) is 10.6 Å². The van der Waals surface area contributed by atoms with Gasteiger partial charge in [0.15, 0.2) is 0 Å². The Bertz CT molecular complexity index is 1190. The number of carbonyl (C=O) groups excluding carboxylic acids is 1. The lowest BCUT2D eigenvalue weighted by Crippen LogP contribution is -2.14. The summed E-state index contributed by atoms with van der Waals surface area (Å²) in [5.74, 6) is -0.755. The summed E-state index contributed by atoms with van der Waals surface area (Å²) in [5.41, 5.74) is 2.24. The molecule has 0 aliphatic carbocycles. The predicted octanol–water partition coefficient (Wildman–Crippen LogP) is 5.24. The maximum Gasteiger partial charge on any atom is 0.261 e. The van der Waals surface area contributed by atoms with Crippen LogP contribution >= 0.6 is 11.6 Å². The molecule has 3 rings (SSSR count). The first-order chi connectivity index (χ1) is 14.2. The molecule has 0 atom stereocenters. The van der Waals surface area contributed by atoms with Gasteiger partial charge >= 0.3 is 0 Å². The van der Waals surface area contributed by atoms with Gasteiger partial charge in [-0.3, -0.25) is 9.52 Å². The maximum absolute atomic E-state index is 12.9. The van der Waals surface area contributed by atoms with Crippen LogP contribution in [0.3, 0.4) is 0 Å². The summed E-state index contributed by atoms with van der Waals surface area (Å²) in [7, 11) is -3.81. The van der Waals surface area contributed by atoms with E-state index in [-0.39, 0.29) is 10.7 Å². The number of amides is 1. The number of benzene rings is 3. The van der Waals surface area contributed by atoms with E-state index in [4.69, 9.17) is 11.6 Å². The molecule has 0 aromatic heterocycles. The topological polar surface area (TPSA) is 75.3 Å². The monoisotopic (exact) mass is 444 g/mol. The molecule has 3 aromatic carbocycles. The molecule has 0 heterocycles. The molecule has 0 fully saturated rings. The van der Waals surface area contributed by atoms with E-state index < -0.39 is 15.9 Å². The van der Waals surface area contributed by atoms with Crippen molar-refractivity contribution in [1.29, 1.82) is 0 Å². The van der Waals surface area contributed by atoms with Gasteiger partial charge in [-0.2, -0.15) is 0 Å². The first-order valence-electron chi connectivity index (χ1n) is 8.87. The first kappa shape index (κ1) is 21.5. The van der Waals surface area contributed by atoms with E-state index in [1.807, 2.05) is 0 Å². The number of rotatable bonds is 6. The van der Waals surface area contributed by atoms with Crippen LogP contribution in [-0.4, -0.2) is 14.3 Å². The van der Waals surface area contributed by atoms with Gasteiger partial charge in [0.1, 0.15) is 5.82 Å². The molecule has 5 nitrogen and oxygen atoms in total. The summed E-state index contributed by atoms with van der Waals surface area (Å²) in [6.07, 6.45) is 2.85. The summed E-state index contributed by atoms with van der Waals surface area (Å²) < 4.78 is 40.6. The fourth-order valence-electron chi connectivity index (χ4n) is 2.56. The molecule has 3 aromatic rings. The number of hydrogen-bond acceptors (Lipinski definition) is 3. The van der Waals surface area contributed by atoms with Gasteiger partial charge in [-0.05, 0) is 72.7 Å². The molecular weight excluding hydrogens is 427 g/mol. The third-order valence-electron chi connectivity index (χ3n) is 4.17. The zero-order valence-corrected chi connectivity index (χ0v) is 17.5. The highest BCUT2D eigenvalue weighted by molar-refractivity contribution is 7.92. The number of anilines is 2. The zero-order valence-electron chi connectivity index (χ0n) is 15.9. The van der Waals surface area contributed by atoms with Crippen molar-refractivity contribution in [2.45, 2.75) is 11.8 Å². The fourth-order valence-corrected chi connectivity index (χ4v) is 3.85. The third-order valence-corrected chi connectivity index (χ3v) is 5.79. The van der Waals surface area contributed by atoms with E-state index in [1.54, 1.807) is 37.3 Å². The van der Waals surface area contributed by atoms with E-state index in [0.29, 0.717) is 22.0 Å². The molecule has 30 heavy (non-hydrogen) atoms. The van der Waals surface area contributed by atoms with Crippen LogP contribution in [0.1, 0.15) is 11.1 Å². The number of hydrogen-bond donors (Lipinski definition) is 2. The Hall–Kier alpha value is -3.16. The number of nitrogens with one attached hydrogen (secondary N) is 2. The van der Waals surface area contributed by atoms with Crippen LogP contribution in [-0.2, 0) is 14.8 Å². The van der Waals surface area contributed by atoms with Crippen molar-refractivity contribution in [3.05, 3.63) is 94.8 Å². The summed E-state index contributed by atoms with van der Waals surface area (Å²) in [4.78, 5) is 12.1. The number of aryl methyl sites for hydroxylation is 1. The average molecular weight is 445 g/mol. The highest BCUT2D eigenvalue weighted by Crippen LogP contribution is 2.24. The Kier molecular flexibility index (Phi) is 6.54. The van der Waals surface area contributed by atoms with Crippen molar-refractivity contribution in [2.75, 3.05) is 10.0 Å². The predicted molar refractivity (Wildman–Crippen MR) is 118 cm³/mol. The smallest absolute Gasteiger partial charge is 0.261 e. The van der Waals surface area contributed by atoms with E-state index >= 15 is 0 Å². The lowest BCUT2D eigenvalue weighted by atomic mass is 10.2. The Morgan fingerprint density at radius 1 is 1.00 bits per heavy atom. The lowest BCUT2D eigenvalue weighted by Gasteiger charge is -2.11. The number of carbonyl (C=O) groups is 1. The van der Waals surface area contributed by atoms with E-state index in [2.05, 4.69) is 10.0 Å². The van der Waals surface area contributed by atoms with Gasteiger partial charge in [-0.1, -0.05) is 29.8 Å². The zero-order chi connectivity index (χ0) is 21.7. The van der Waals surface area contributed by atoms with Crippen LogP contribution in [0.2, 0.25) is 5.02 Å². The molecule has 0 spiro atoms. The minimum Gasteiger partial charge on any atom is -0.323 e. The van der Waals surface area contributed by atoms with Gasteiger partial charge < -0.3 is 5.32 Å². The Morgan fingerprint density at radius 2 is 1.67 bits per heavy atom. The molecule has 0 bridgehead atoms. The lowest BCUT2D eigenvalue weighted by molar-refractivity contribution is -0.111. The van der Waals surface area contributed by atoms with Crippen LogP contribution in [0.15, 0.2) is 77.7 Å². The quantitative estimate of drug-likeness (QED) is 0.510. The minimum atomic E-state index is -3.81. The first-order valence-corrected chi connectivity index (χ1v) is 10.7. The fraction of sp³-hybridized carbons (Fsp3) is 0.0455. The summed E-state index contributed by atoms with van der Waals surface area (Å²) in [6.45, 7) is 1.77. The summed E-state index contributed by atoms with van der Waals surface area (Å²) in [5, 5.41) is 3.06. The molecule has 8 heteroatoms. The van der Waals surface area contributed by atoms with Gasteiger partial charge in [0.25, 0.3) is 10.0 Å². The standard InChI is InChI=1S/C22H18ClFN2O3S/c1-15-2-6-17(23)14-21(15)26-30(28,29)20-11-9-19(10-12-20)25-22(27)13-5-16-3-7-18(24)8-4-16/h2-14,26H,1H3,(H,25,27)/b13-5+. The normalized spacial score (nSPS) is 11.4. The van der Waals surface area contributed by atoms with Crippen molar-refractivity contribution >= 4 is 45.0 Å². The van der Waals surface area contributed by atoms with Crippen molar-refractivity contribution < 1.29 is 17.6 Å². The minimum absolute atomic E-state index is 0.0433. The van der Waals surface area contributed by atoms with Crippen molar-refractivity contribution in [1.82, 2.24) is 0 Å². The molecule has 0 radical (unpaired) electrons. The van der Waals surface area contributed by atoms with Crippen molar-refractivity contribution in [2.24, 2.45) is 0 Å². The molecule has 0 saturated carbocycles. The second kappa shape index (κ2) is 9.11. The van der Waals surface area contributed by atoms with E-state index in [0.717, 1.165) is 5.56 Å². The molecule has 0 saturated heterocycles. The van der Waals surface area contributed by atoms with Crippen LogP contribution in [0.4, 0.5) is 15.8 Å². The second-order valence-electron chi connectivity index (χ2n) is 6.46. The summed E-state index contributed by atoms with van der Waals surface area (Å²) >= 11 is 5.94. The molecule has 1 amide bonds. The van der Waals surface area contributed by atoms with Crippen molar-refractivity contribution in [3.8, 4) is 0 Å². The Labute approximate surface area is 179 Å². The van der Waals surface area contributed by atoms with E-state index in [9.17, 15) is 17.6 Å². The van der Waals surface area contributed by atoms with E-state index in [1.165, 1.54) is 48.5 Å². The number of sulfonamides is 1. The average Bonchev–Trinajstić information content (AvgIpc) is 2.70. The highest BCUT2D eigenvalue weighted by Gasteiger charge is 2.15. The van der Waals surface area contributed by atoms with Crippen LogP contribution in [0.25, 0.3) is 6.08 Å². The van der Waals surface area contributed by atoms with Crippen LogP contribution in [0, 0.1) is 12.7 Å². The van der Waals surface area contributed by atoms with Crippen LogP contribution < -0.4 is 10.0 Å². The van der Waals surface area contributed by atoms with Gasteiger partial charge in [-0.15, -0.1) is 0 Å². The molecule has 0 aliphatic heterocycles. The molecule has 0 unspecified atom stereocenters. The molecule has 0 aliphatic rings. The SMILES string of the molecule is Cc1ccc(Cl)cc1NS(=O)(=O)c1ccc(NC(=O)/C=C/c2ccc(F)cc2)cc1. The third kappa shape index (κ3) is 5.68. The van der Waals surface area contributed by atoms with Crippen LogP contribution in [0.5, 0.6) is 0 Å². The Balaban J connectivity index is 1.67. The number of halogens is 2. The molecular formula is C22H18ClFN2O3S. The molecule has 154 valence electrons. The maximum atomic E-state index is 12.9. The summed E-state index contributed by atoms with van der Waals surface area (Å²) in [6, 6.07) is 16.4. The van der Waals surface area contributed by atoms with Crippen molar-refractivity contribution in [3.63, 3.8) is 0 Å². The van der Waals surface area contributed by atoms with Gasteiger partial charge in [-0.25, -0.2) is 12.8 Å². The van der Waals surface area contributed by atoms with Gasteiger partial charge in [0, 0.05) is 16.8 Å². The van der Waals surface area contributed by atoms with Gasteiger partial charge in [0.2, 0.25) is 5.91 Å².